The number of Topliss-reactive ketones (excluding diaryl/α,β-unsaturated/α-hetero) is 1. The summed E-state index contributed by atoms with van der Waals surface area (Å²) in [7, 11) is 5.25. The van der Waals surface area contributed by atoms with Crippen LogP contribution in [-0.4, -0.2) is 37.8 Å². The second-order valence-electron chi connectivity index (χ2n) is 6.03. The molecule has 0 heterocycles. The van der Waals surface area contributed by atoms with Crippen molar-refractivity contribution in [3.63, 3.8) is 0 Å². The fraction of sp³-hybridized carbons (Fsp3) is 0.300. The Morgan fingerprint density at radius 2 is 1.68 bits per heavy atom. The highest BCUT2D eigenvalue weighted by molar-refractivity contribution is 5.94. The van der Waals surface area contributed by atoms with Gasteiger partial charge in [0.15, 0.2) is 5.78 Å². The number of hydrogen-bond acceptors (Lipinski definition) is 4. The van der Waals surface area contributed by atoms with Crippen molar-refractivity contribution in [2.24, 2.45) is 0 Å². The third-order valence-corrected chi connectivity index (χ3v) is 4.02. The summed E-state index contributed by atoms with van der Waals surface area (Å²) in [6.45, 7) is 2.94. The van der Waals surface area contributed by atoms with Crippen molar-refractivity contribution in [1.82, 2.24) is 10.2 Å². The number of hydrogen-bond donors (Lipinski definition) is 1. The zero-order valence-corrected chi connectivity index (χ0v) is 15.1. The van der Waals surface area contributed by atoms with Crippen LogP contribution in [0.3, 0.4) is 0 Å². The van der Waals surface area contributed by atoms with Gasteiger partial charge in [-0.1, -0.05) is 12.1 Å². The van der Waals surface area contributed by atoms with E-state index in [9.17, 15) is 9.59 Å². The van der Waals surface area contributed by atoms with Crippen molar-refractivity contribution in [3.05, 3.63) is 64.7 Å². The maximum Gasteiger partial charge on any atom is 0.251 e. The van der Waals surface area contributed by atoms with E-state index < -0.39 is 0 Å². The summed E-state index contributed by atoms with van der Waals surface area (Å²) in [5, 5.41) is 2.61. The van der Waals surface area contributed by atoms with Crippen molar-refractivity contribution in [2.45, 2.75) is 20.0 Å². The fourth-order valence-corrected chi connectivity index (χ4v) is 2.69. The smallest absolute Gasteiger partial charge is 0.251 e. The summed E-state index contributed by atoms with van der Waals surface area (Å²) in [6.07, 6.45) is 0. The van der Waals surface area contributed by atoms with Gasteiger partial charge < -0.3 is 10.1 Å². The van der Waals surface area contributed by atoms with Crippen LogP contribution in [0, 0.1) is 0 Å². The molecular formula is C20H24N2O3. The minimum Gasteiger partial charge on any atom is -0.496 e. The van der Waals surface area contributed by atoms with Crippen LogP contribution in [0.5, 0.6) is 5.75 Å². The van der Waals surface area contributed by atoms with E-state index in [1.165, 1.54) is 0 Å². The van der Waals surface area contributed by atoms with E-state index in [1.54, 1.807) is 27.1 Å². The summed E-state index contributed by atoms with van der Waals surface area (Å²) < 4.78 is 5.40. The molecule has 0 spiro atoms. The lowest BCUT2D eigenvalue weighted by Gasteiger charge is -2.19. The zero-order chi connectivity index (χ0) is 18.4. The molecule has 0 aromatic heterocycles. The molecule has 0 fully saturated rings. The average molecular weight is 340 g/mol. The third kappa shape index (κ3) is 4.90. The van der Waals surface area contributed by atoms with E-state index in [-0.39, 0.29) is 11.7 Å². The van der Waals surface area contributed by atoms with Gasteiger partial charge in [-0.25, -0.2) is 0 Å². The lowest BCUT2D eigenvalue weighted by Crippen LogP contribution is -2.19. The van der Waals surface area contributed by atoms with Gasteiger partial charge >= 0.3 is 0 Å². The molecule has 0 aliphatic rings. The standard InChI is InChI=1S/C20H24N2O3/c1-14(23)17-9-10-19(25-4)18(11-17)13-22(3)12-15-5-7-16(8-6-15)20(24)21-2/h5-11H,12-13H2,1-4H3,(H,21,24). The first-order valence-corrected chi connectivity index (χ1v) is 8.12. The second kappa shape index (κ2) is 8.44. The monoisotopic (exact) mass is 340 g/mol. The Hall–Kier alpha value is -2.66. The predicted molar refractivity (Wildman–Crippen MR) is 98.0 cm³/mol. The zero-order valence-electron chi connectivity index (χ0n) is 15.1. The second-order valence-corrected chi connectivity index (χ2v) is 6.03. The molecule has 0 radical (unpaired) electrons. The lowest BCUT2D eigenvalue weighted by molar-refractivity contribution is 0.0961. The van der Waals surface area contributed by atoms with Crippen LogP contribution in [-0.2, 0) is 13.1 Å². The molecule has 0 saturated heterocycles. The van der Waals surface area contributed by atoms with E-state index in [2.05, 4.69) is 10.2 Å². The molecule has 1 amide bonds. The van der Waals surface area contributed by atoms with Crippen LogP contribution in [0.15, 0.2) is 42.5 Å². The Morgan fingerprint density at radius 1 is 1.04 bits per heavy atom. The Bertz CT molecular complexity index is 754. The van der Waals surface area contributed by atoms with Gasteiger partial charge in [-0.3, -0.25) is 14.5 Å². The number of methoxy groups -OCH3 is 1. The lowest BCUT2D eigenvalue weighted by atomic mass is 10.1. The summed E-state index contributed by atoms with van der Waals surface area (Å²) >= 11 is 0. The number of nitrogens with zero attached hydrogens (tertiary/aromatic N) is 1. The number of nitrogens with one attached hydrogen (secondary N) is 1. The number of rotatable bonds is 7. The van der Waals surface area contributed by atoms with Gasteiger partial charge in [-0.2, -0.15) is 0 Å². The maximum atomic E-state index is 11.6. The first kappa shape index (κ1) is 18.7. The number of amides is 1. The number of ketones is 1. The Labute approximate surface area is 148 Å². The molecule has 132 valence electrons. The minimum atomic E-state index is -0.0920. The van der Waals surface area contributed by atoms with Crippen LogP contribution in [0.2, 0.25) is 0 Å². The Balaban J connectivity index is 2.09. The molecule has 0 atom stereocenters. The van der Waals surface area contributed by atoms with Gasteiger partial charge in [-0.15, -0.1) is 0 Å². The average Bonchev–Trinajstić information content (AvgIpc) is 2.61. The molecule has 25 heavy (non-hydrogen) atoms. The summed E-state index contributed by atoms with van der Waals surface area (Å²) in [6, 6.07) is 13.0. The molecule has 5 heteroatoms. The molecule has 2 aromatic carbocycles. The van der Waals surface area contributed by atoms with E-state index in [4.69, 9.17) is 4.74 Å². The molecule has 0 bridgehead atoms. The van der Waals surface area contributed by atoms with Gasteiger partial charge in [0.2, 0.25) is 0 Å². The normalized spacial score (nSPS) is 10.6. The first-order valence-electron chi connectivity index (χ1n) is 8.12. The van der Waals surface area contributed by atoms with Crippen molar-refractivity contribution >= 4 is 11.7 Å². The molecule has 2 rings (SSSR count). The van der Waals surface area contributed by atoms with Crippen LogP contribution < -0.4 is 10.1 Å². The molecule has 0 saturated carbocycles. The van der Waals surface area contributed by atoms with Crippen molar-refractivity contribution in [1.29, 1.82) is 0 Å². The van der Waals surface area contributed by atoms with Gasteiger partial charge in [0.1, 0.15) is 5.75 Å². The fourth-order valence-electron chi connectivity index (χ4n) is 2.69. The highest BCUT2D eigenvalue weighted by atomic mass is 16.5. The summed E-state index contributed by atoms with van der Waals surface area (Å²) in [5.41, 5.74) is 3.40. The van der Waals surface area contributed by atoms with Gasteiger partial charge in [0.25, 0.3) is 5.91 Å². The molecule has 0 unspecified atom stereocenters. The van der Waals surface area contributed by atoms with Crippen LogP contribution in [0.25, 0.3) is 0 Å². The summed E-state index contributed by atoms with van der Waals surface area (Å²) in [4.78, 5) is 25.3. The van der Waals surface area contributed by atoms with Gasteiger partial charge in [0, 0.05) is 36.8 Å². The van der Waals surface area contributed by atoms with E-state index in [0.717, 1.165) is 23.4 Å². The third-order valence-electron chi connectivity index (χ3n) is 4.02. The van der Waals surface area contributed by atoms with E-state index in [0.29, 0.717) is 17.7 Å². The van der Waals surface area contributed by atoms with Gasteiger partial charge in [-0.05, 0) is 49.9 Å². The number of carbonyl (C=O) groups is 2. The highest BCUT2D eigenvalue weighted by Gasteiger charge is 2.10. The maximum absolute atomic E-state index is 11.6. The number of ether oxygens (including phenoxy) is 1. The molecule has 1 N–H and O–H groups in total. The first-order chi connectivity index (χ1) is 11.9. The summed E-state index contributed by atoms with van der Waals surface area (Å²) in [5.74, 6) is 0.717. The van der Waals surface area contributed by atoms with Crippen LogP contribution in [0.1, 0.15) is 38.8 Å². The highest BCUT2D eigenvalue weighted by Crippen LogP contribution is 2.22. The molecular weight excluding hydrogens is 316 g/mol. The van der Waals surface area contributed by atoms with Crippen LogP contribution >= 0.6 is 0 Å². The molecule has 0 aliphatic heterocycles. The number of carbonyl (C=O) groups excluding carboxylic acids is 2. The molecule has 0 aliphatic carbocycles. The van der Waals surface area contributed by atoms with Gasteiger partial charge in [0.05, 0.1) is 7.11 Å². The SMILES string of the molecule is CNC(=O)c1ccc(CN(C)Cc2cc(C(C)=O)ccc2OC)cc1. The molecule has 5 nitrogen and oxygen atoms in total. The Kier molecular flexibility index (Phi) is 6.31. The topological polar surface area (TPSA) is 58.6 Å². The number of benzene rings is 2. The minimum absolute atomic E-state index is 0.0383. The Morgan fingerprint density at radius 3 is 2.24 bits per heavy atom. The quantitative estimate of drug-likeness (QED) is 0.788. The largest absolute Gasteiger partial charge is 0.496 e. The van der Waals surface area contributed by atoms with Crippen LogP contribution in [0.4, 0.5) is 0 Å². The van der Waals surface area contributed by atoms with E-state index >= 15 is 0 Å². The molecule has 2 aromatic rings. The van der Waals surface area contributed by atoms with Crippen molar-refractivity contribution in [2.75, 3.05) is 21.2 Å². The predicted octanol–water partition coefficient (Wildman–Crippen LogP) is 2.89. The van der Waals surface area contributed by atoms with E-state index in [1.807, 2.05) is 43.4 Å². The van der Waals surface area contributed by atoms with Crippen molar-refractivity contribution in [3.8, 4) is 5.75 Å². The van der Waals surface area contributed by atoms with Crippen molar-refractivity contribution < 1.29 is 14.3 Å².